The number of benzene rings is 2. The lowest BCUT2D eigenvalue weighted by atomic mass is 10.2. The van der Waals surface area contributed by atoms with Crippen LogP contribution >= 0.6 is 35.1 Å². The van der Waals surface area contributed by atoms with Gasteiger partial charge in [0.15, 0.2) is 11.0 Å². The van der Waals surface area contributed by atoms with Crippen molar-refractivity contribution in [1.29, 1.82) is 0 Å². The van der Waals surface area contributed by atoms with Gasteiger partial charge in [0.2, 0.25) is 5.91 Å². The number of hydrogen-bond donors (Lipinski definition) is 0. The normalized spacial score (nSPS) is 16.0. The van der Waals surface area contributed by atoms with Crippen molar-refractivity contribution in [1.82, 2.24) is 14.8 Å². The predicted molar refractivity (Wildman–Crippen MR) is 126 cm³/mol. The highest BCUT2D eigenvalue weighted by atomic mass is 35.5. The Morgan fingerprint density at radius 3 is 2.81 bits per heavy atom. The van der Waals surface area contributed by atoms with Crippen molar-refractivity contribution in [3.63, 3.8) is 0 Å². The van der Waals surface area contributed by atoms with E-state index in [0.717, 1.165) is 23.5 Å². The monoisotopic (exact) mass is 474 g/mol. The molecular weight excluding hydrogens is 452 g/mol. The van der Waals surface area contributed by atoms with Crippen LogP contribution in [0.1, 0.15) is 19.2 Å². The van der Waals surface area contributed by atoms with Crippen LogP contribution in [-0.4, -0.2) is 38.2 Å². The standard InChI is InChI=1S/C22H23ClN4O2S2/c1-15-11-12-27(18-5-3-4-6-19(18)31-15)21(28)14-30-22-25-24-20(26(22)2)13-29-17-9-7-16(23)8-10-17/h3-10,15H,11-14H2,1-2H3. The molecule has 0 aliphatic carbocycles. The minimum Gasteiger partial charge on any atom is -0.486 e. The van der Waals surface area contributed by atoms with Crippen LogP contribution in [0.2, 0.25) is 5.02 Å². The lowest BCUT2D eigenvalue weighted by Gasteiger charge is -2.22. The highest BCUT2D eigenvalue weighted by Crippen LogP contribution is 2.37. The van der Waals surface area contributed by atoms with Gasteiger partial charge in [0.05, 0.1) is 11.4 Å². The number of fused-ring (bicyclic) bond motifs is 1. The number of amides is 1. The first-order valence-electron chi connectivity index (χ1n) is 9.97. The van der Waals surface area contributed by atoms with E-state index in [2.05, 4.69) is 23.2 Å². The summed E-state index contributed by atoms with van der Waals surface area (Å²) >= 11 is 9.12. The second-order valence-corrected chi connectivity index (χ2v) is 10.1. The van der Waals surface area contributed by atoms with Gasteiger partial charge in [-0.1, -0.05) is 42.4 Å². The summed E-state index contributed by atoms with van der Waals surface area (Å²) in [5.41, 5.74) is 0.998. The summed E-state index contributed by atoms with van der Waals surface area (Å²) in [6.45, 7) is 3.22. The second-order valence-electron chi connectivity index (χ2n) is 7.22. The molecule has 0 saturated heterocycles. The number of nitrogens with zero attached hydrogens (tertiary/aromatic N) is 4. The van der Waals surface area contributed by atoms with Gasteiger partial charge >= 0.3 is 0 Å². The number of para-hydroxylation sites is 1. The SMILES string of the molecule is CC1CCN(C(=O)CSc2nnc(COc3ccc(Cl)cc3)n2C)c2ccccc2S1. The lowest BCUT2D eigenvalue weighted by Crippen LogP contribution is -2.33. The molecule has 0 bridgehead atoms. The van der Waals surface area contributed by atoms with Gasteiger partial charge in [0.25, 0.3) is 0 Å². The van der Waals surface area contributed by atoms with Crippen molar-refractivity contribution >= 4 is 46.7 Å². The van der Waals surface area contributed by atoms with Gasteiger partial charge in [-0.05, 0) is 42.8 Å². The van der Waals surface area contributed by atoms with E-state index >= 15 is 0 Å². The zero-order valence-corrected chi connectivity index (χ0v) is 19.7. The van der Waals surface area contributed by atoms with E-state index in [1.54, 1.807) is 12.1 Å². The number of rotatable bonds is 6. The highest BCUT2D eigenvalue weighted by molar-refractivity contribution is 8.00. The topological polar surface area (TPSA) is 60.3 Å². The van der Waals surface area contributed by atoms with Crippen LogP contribution < -0.4 is 9.64 Å². The molecule has 2 aromatic carbocycles. The molecule has 4 rings (SSSR count). The maximum atomic E-state index is 13.1. The fraction of sp³-hybridized carbons (Fsp3) is 0.318. The molecule has 2 heterocycles. The number of carbonyl (C=O) groups excluding carboxylic acids is 1. The molecule has 1 unspecified atom stereocenters. The minimum absolute atomic E-state index is 0.0779. The molecule has 0 N–H and O–H groups in total. The van der Waals surface area contributed by atoms with E-state index in [-0.39, 0.29) is 12.5 Å². The van der Waals surface area contributed by atoms with Crippen molar-refractivity contribution in [2.24, 2.45) is 7.05 Å². The largest absolute Gasteiger partial charge is 0.486 e. The molecule has 3 aromatic rings. The van der Waals surface area contributed by atoms with Crippen molar-refractivity contribution in [3.8, 4) is 5.75 Å². The maximum absolute atomic E-state index is 13.1. The summed E-state index contributed by atoms with van der Waals surface area (Å²) in [6, 6.07) is 15.3. The third-order valence-corrected chi connectivity index (χ3v) is 7.47. The number of ether oxygens (including phenoxy) is 1. The molecule has 9 heteroatoms. The van der Waals surface area contributed by atoms with Crippen LogP contribution in [0.5, 0.6) is 5.75 Å². The Hall–Kier alpha value is -2.16. The lowest BCUT2D eigenvalue weighted by molar-refractivity contribution is -0.116. The Balaban J connectivity index is 1.38. The zero-order valence-electron chi connectivity index (χ0n) is 17.3. The van der Waals surface area contributed by atoms with Crippen molar-refractivity contribution < 1.29 is 9.53 Å². The number of thioether (sulfide) groups is 2. The first kappa shape index (κ1) is 22.0. The molecule has 1 aliphatic heterocycles. The Morgan fingerprint density at radius 1 is 1.23 bits per heavy atom. The first-order valence-corrected chi connectivity index (χ1v) is 12.2. The number of carbonyl (C=O) groups is 1. The van der Waals surface area contributed by atoms with E-state index in [1.807, 2.05) is 58.6 Å². The number of halogens is 1. The van der Waals surface area contributed by atoms with Gasteiger partial charge in [-0.2, -0.15) is 0 Å². The summed E-state index contributed by atoms with van der Waals surface area (Å²) in [4.78, 5) is 16.1. The summed E-state index contributed by atoms with van der Waals surface area (Å²) in [7, 11) is 1.88. The average molecular weight is 475 g/mol. The molecular formula is C22H23ClN4O2S2. The van der Waals surface area contributed by atoms with Gasteiger partial charge in [-0.3, -0.25) is 4.79 Å². The van der Waals surface area contributed by atoms with Crippen LogP contribution in [-0.2, 0) is 18.4 Å². The first-order chi connectivity index (χ1) is 15.0. The van der Waals surface area contributed by atoms with Crippen LogP contribution in [0.4, 0.5) is 5.69 Å². The Morgan fingerprint density at radius 2 is 2.00 bits per heavy atom. The number of aromatic nitrogens is 3. The molecule has 0 fully saturated rings. The molecule has 6 nitrogen and oxygen atoms in total. The van der Waals surface area contributed by atoms with Crippen LogP contribution in [0.3, 0.4) is 0 Å². The van der Waals surface area contributed by atoms with E-state index < -0.39 is 0 Å². The van der Waals surface area contributed by atoms with Gasteiger partial charge in [0.1, 0.15) is 12.4 Å². The molecule has 1 aromatic heterocycles. The van der Waals surface area contributed by atoms with Gasteiger partial charge < -0.3 is 14.2 Å². The molecule has 0 radical (unpaired) electrons. The minimum atomic E-state index is 0.0779. The molecule has 31 heavy (non-hydrogen) atoms. The summed E-state index contributed by atoms with van der Waals surface area (Å²) in [5, 5.41) is 10.3. The summed E-state index contributed by atoms with van der Waals surface area (Å²) < 4.78 is 7.62. The Bertz CT molecular complexity index is 1060. The molecule has 1 atom stereocenters. The third kappa shape index (κ3) is 5.37. The van der Waals surface area contributed by atoms with E-state index in [0.29, 0.717) is 32.8 Å². The second kappa shape index (κ2) is 9.97. The molecule has 0 saturated carbocycles. The Labute approximate surface area is 195 Å². The molecule has 162 valence electrons. The van der Waals surface area contributed by atoms with Crippen molar-refractivity contribution in [2.75, 3.05) is 17.2 Å². The fourth-order valence-corrected chi connectivity index (χ4v) is 5.27. The van der Waals surface area contributed by atoms with Crippen LogP contribution in [0.15, 0.2) is 58.6 Å². The van der Waals surface area contributed by atoms with Gasteiger partial charge in [-0.15, -0.1) is 22.0 Å². The Kier molecular flexibility index (Phi) is 7.09. The molecule has 0 spiro atoms. The zero-order chi connectivity index (χ0) is 21.8. The quantitative estimate of drug-likeness (QED) is 0.465. The van der Waals surface area contributed by atoms with Gasteiger partial charge in [0, 0.05) is 28.8 Å². The predicted octanol–water partition coefficient (Wildman–Crippen LogP) is 5.06. The third-order valence-electron chi connectivity index (χ3n) is 4.98. The van der Waals surface area contributed by atoms with Gasteiger partial charge in [-0.25, -0.2) is 0 Å². The molecule has 1 aliphatic rings. The smallest absolute Gasteiger partial charge is 0.237 e. The van der Waals surface area contributed by atoms with Crippen molar-refractivity contribution in [2.45, 2.75) is 35.3 Å². The fourth-order valence-electron chi connectivity index (χ4n) is 3.23. The van der Waals surface area contributed by atoms with Crippen LogP contribution in [0, 0.1) is 0 Å². The average Bonchev–Trinajstić information content (AvgIpc) is 3.02. The highest BCUT2D eigenvalue weighted by Gasteiger charge is 2.24. The van der Waals surface area contributed by atoms with Crippen LogP contribution in [0.25, 0.3) is 0 Å². The summed E-state index contributed by atoms with van der Waals surface area (Å²) in [5.74, 6) is 1.78. The number of hydrogen-bond acceptors (Lipinski definition) is 6. The summed E-state index contributed by atoms with van der Waals surface area (Å²) in [6.07, 6.45) is 0.964. The van der Waals surface area contributed by atoms with E-state index in [9.17, 15) is 4.79 Å². The number of anilines is 1. The molecule has 1 amide bonds. The van der Waals surface area contributed by atoms with E-state index in [4.69, 9.17) is 16.3 Å². The van der Waals surface area contributed by atoms with Crippen molar-refractivity contribution in [3.05, 3.63) is 59.4 Å². The maximum Gasteiger partial charge on any atom is 0.237 e. The van der Waals surface area contributed by atoms with E-state index in [1.165, 1.54) is 11.8 Å².